The lowest BCUT2D eigenvalue weighted by atomic mass is 9.87. The molecule has 0 heterocycles. The lowest BCUT2D eigenvalue weighted by Crippen LogP contribution is -2.26. The van der Waals surface area contributed by atoms with E-state index in [0.717, 1.165) is 0 Å². The lowest BCUT2D eigenvalue weighted by molar-refractivity contribution is 0.438. The van der Waals surface area contributed by atoms with Gasteiger partial charge in [0, 0.05) is 0 Å². The minimum absolute atomic E-state index is 0.120. The first-order valence-electron chi connectivity index (χ1n) is 24.7. The highest BCUT2D eigenvalue weighted by molar-refractivity contribution is 8.03. The number of benzene rings is 6. The van der Waals surface area contributed by atoms with Gasteiger partial charge < -0.3 is 9.11 Å². The van der Waals surface area contributed by atoms with Gasteiger partial charge in [0.25, 0.3) is 0 Å². The summed E-state index contributed by atoms with van der Waals surface area (Å²) >= 11 is 0. The van der Waals surface area contributed by atoms with E-state index in [1.54, 1.807) is 0 Å². The fourth-order valence-corrected chi connectivity index (χ4v) is 12.7. The average Bonchev–Trinajstić information content (AvgIpc) is 3.25. The van der Waals surface area contributed by atoms with Crippen LogP contribution in [-0.2, 0) is 74.5 Å². The second-order valence-electron chi connectivity index (χ2n) is 24.8. The third kappa shape index (κ3) is 16.9. The molecule has 0 fully saturated rings. The Kier molecular flexibility index (Phi) is 19.1. The largest absolute Gasteiger partial charge is 0.747 e. The second kappa shape index (κ2) is 22.8. The predicted octanol–water partition coefficient (Wildman–Crippen LogP) is 15.8. The van der Waals surface area contributed by atoms with E-state index in [-0.39, 0.29) is 54.3 Å². The maximum atomic E-state index is 9.84. The van der Waals surface area contributed by atoms with Crippen LogP contribution in [0, 0.1) is 0 Å². The molecule has 6 nitrogen and oxygen atoms in total. The quantitative estimate of drug-likeness (QED) is 0.111. The Morgan fingerprint density at radius 2 is 0.389 bits per heavy atom. The van der Waals surface area contributed by atoms with E-state index in [9.17, 15) is 25.9 Å². The van der Waals surface area contributed by atoms with Crippen molar-refractivity contribution >= 4 is 42.0 Å². The topological polar surface area (TPSA) is 114 Å². The molecule has 0 aliphatic heterocycles. The van der Waals surface area contributed by atoms with Crippen LogP contribution in [0.1, 0.15) is 165 Å². The molecule has 0 aromatic heterocycles. The summed E-state index contributed by atoms with van der Waals surface area (Å²) in [6.07, 6.45) is 0. The van der Waals surface area contributed by atoms with Crippen LogP contribution in [0.25, 0.3) is 0 Å². The highest BCUT2D eigenvalue weighted by Crippen LogP contribution is 2.38. The average molecular weight is 1050 g/mol. The zero-order valence-corrected chi connectivity index (χ0v) is 49.8. The number of rotatable bonds is 8. The Morgan fingerprint density at radius 1 is 0.278 bits per heavy atom. The summed E-state index contributed by atoms with van der Waals surface area (Å²) in [6, 6.07) is 55.7. The van der Waals surface area contributed by atoms with Crippen LogP contribution >= 0.6 is 0 Å². The minimum Gasteiger partial charge on any atom is -0.747 e. The van der Waals surface area contributed by atoms with Crippen LogP contribution in [0.4, 0.5) is 0 Å². The Balaban J connectivity index is 0.000000263. The smallest absolute Gasteiger partial charge is 0.166 e. The molecule has 0 aliphatic carbocycles. The van der Waals surface area contributed by atoms with E-state index in [0.29, 0.717) is 6.92 Å². The monoisotopic (exact) mass is 1050 g/mol. The summed E-state index contributed by atoms with van der Waals surface area (Å²) in [5.74, 6) is 0. The standard InChI is InChI=1S/2C30H39S.C2H6O6S2/c2*1-28(2,3)22-10-16-25(17-11-22)31(26-18-12-23(13-19-26)29(4,5)6)27-20-14-24(15-21-27)30(7,8)9;1-2(9(3,4)5)10(6,7)8/h2*10-21H,1-9H3;2H,1H3,(H,3,4,5)(H,6,7,8)/q2*+1;/p-2. The molecule has 72 heavy (non-hydrogen) atoms. The van der Waals surface area contributed by atoms with E-state index in [4.69, 9.17) is 0 Å². The first-order valence-corrected chi connectivity index (χ1v) is 30.1. The van der Waals surface area contributed by atoms with E-state index >= 15 is 0 Å². The van der Waals surface area contributed by atoms with Crippen molar-refractivity contribution in [3.05, 3.63) is 179 Å². The molecule has 10 heteroatoms. The Labute approximate surface area is 442 Å². The zero-order valence-electron chi connectivity index (χ0n) is 46.5. The summed E-state index contributed by atoms with van der Waals surface area (Å²) in [5.41, 5.74) is 9.28. The molecule has 0 bridgehead atoms. The fourth-order valence-electron chi connectivity index (χ4n) is 7.51. The van der Waals surface area contributed by atoms with E-state index in [1.165, 1.54) is 62.8 Å². The third-order valence-corrected chi connectivity index (χ3v) is 20.1. The van der Waals surface area contributed by atoms with Gasteiger partial charge in [-0.25, -0.2) is 16.8 Å². The van der Waals surface area contributed by atoms with Gasteiger partial charge in [0.05, 0.1) is 21.8 Å². The molecule has 0 saturated carbocycles. The van der Waals surface area contributed by atoms with Crippen LogP contribution in [0.3, 0.4) is 0 Å². The van der Waals surface area contributed by atoms with Gasteiger partial charge in [-0.05, 0) is 146 Å². The van der Waals surface area contributed by atoms with Crippen molar-refractivity contribution in [2.75, 3.05) is 0 Å². The van der Waals surface area contributed by atoms with Gasteiger partial charge in [0.2, 0.25) is 0 Å². The summed E-state index contributed by atoms with van der Waals surface area (Å²) in [5, 5.41) is 0. The first-order chi connectivity index (χ1) is 32.7. The Hall–Kier alpha value is -4.16. The van der Waals surface area contributed by atoms with Gasteiger partial charge in [-0.1, -0.05) is 197 Å². The van der Waals surface area contributed by atoms with Gasteiger partial charge in [-0.15, -0.1) is 0 Å². The van der Waals surface area contributed by atoms with Crippen molar-refractivity contribution in [2.24, 2.45) is 0 Å². The summed E-state index contributed by atoms with van der Waals surface area (Å²) < 4.78 is 56.7. The van der Waals surface area contributed by atoms with Crippen molar-refractivity contribution in [1.82, 2.24) is 0 Å². The van der Waals surface area contributed by atoms with Crippen LogP contribution in [0.2, 0.25) is 0 Å². The second-order valence-corrected chi connectivity index (χ2v) is 32.5. The van der Waals surface area contributed by atoms with Crippen molar-refractivity contribution in [2.45, 2.75) is 198 Å². The molecule has 0 saturated heterocycles. The van der Waals surface area contributed by atoms with Gasteiger partial charge in [-0.3, -0.25) is 0 Å². The molecule has 0 spiro atoms. The van der Waals surface area contributed by atoms with Crippen LogP contribution < -0.4 is 0 Å². The van der Waals surface area contributed by atoms with E-state index in [2.05, 4.69) is 270 Å². The molecule has 0 radical (unpaired) electrons. The third-order valence-electron chi connectivity index (χ3n) is 12.5. The fraction of sp³-hybridized carbons (Fsp3) is 0.419. The molecule has 390 valence electrons. The Bertz CT molecular complexity index is 2420. The zero-order chi connectivity index (χ0) is 54.6. The molecular weight excluding hydrogens is 969 g/mol. The maximum absolute atomic E-state index is 9.84. The molecular formula is C62H82O6S4. The van der Waals surface area contributed by atoms with Crippen molar-refractivity contribution in [3.63, 3.8) is 0 Å². The Morgan fingerprint density at radius 3 is 0.458 bits per heavy atom. The van der Waals surface area contributed by atoms with E-state index < -0.39 is 24.8 Å². The van der Waals surface area contributed by atoms with E-state index in [1.807, 2.05) is 0 Å². The summed E-state index contributed by atoms with van der Waals surface area (Å²) in [6.45, 7) is 41.5. The SMILES string of the molecule is CC(C)(C)c1ccc([S+](c2ccc(C(C)(C)C)cc2)c2ccc(C(C)(C)C)cc2)cc1.CC(C)(C)c1ccc([S+](c2ccc(C(C)(C)C)cc2)c2ccc(C(C)(C)C)cc2)cc1.CC(S(=O)(=O)[O-])S(=O)(=O)[O-]. The van der Waals surface area contributed by atoms with Gasteiger partial charge in [0.1, 0.15) is 24.8 Å². The van der Waals surface area contributed by atoms with Crippen LogP contribution in [-0.4, -0.2) is 30.5 Å². The molecule has 6 rings (SSSR count). The normalized spacial score (nSPS) is 13.1. The molecule has 0 aliphatic rings. The van der Waals surface area contributed by atoms with Gasteiger partial charge in [-0.2, -0.15) is 0 Å². The van der Waals surface area contributed by atoms with Crippen LogP contribution in [0.5, 0.6) is 0 Å². The molecule has 0 amide bonds. The molecule has 0 unspecified atom stereocenters. The van der Waals surface area contributed by atoms with Gasteiger partial charge in [0.15, 0.2) is 29.4 Å². The maximum Gasteiger partial charge on any atom is 0.166 e. The van der Waals surface area contributed by atoms with Gasteiger partial charge >= 0.3 is 0 Å². The summed E-state index contributed by atoms with van der Waals surface area (Å²) in [7, 11) is -10.3. The molecule has 0 atom stereocenters. The predicted molar refractivity (Wildman–Crippen MR) is 304 cm³/mol. The van der Waals surface area contributed by atoms with Crippen molar-refractivity contribution < 1.29 is 25.9 Å². The summed E-state index contributed by atoms with van der Waals surface area (Å²) in [4.78, 5) is 8.25. The first kappa shape index (κ1) is 60.4. The molecule has 0 N–H and O–H groups in total. The highest BCUT2D eigenvalue weighted by atomic mass is 32.3. The van der Waals surface area contributed by atoms with Crippen molar-refractivity contribution in [3.8, 4) is 0 Å². The minimum atomic E-state index is -5.01. The molecule has 6 aromatic carbocycles. The number of hydrogen-bond donors (Lipinski definition) is 0. The molecule has 6 aromatic rings. The highest BCUT2D eigenvalue weighted by Gasteiger charge is 2.32. The van der Waals surface area contributed by atoms with Crippen molar-refractivity contribution in [1.29, 1.82) is 0 Å². The number of hydrogen-bond acceptors (Lipinski definition) is 6. The van der Waals surface area contributed by atoms with Crippen LogP contribution in [0.15, 0.2) is 175 Å². The lowest BCUT2D eigenvalue weighted by Gasteiger charge is -2.21.